The lowest BCUT2D eigenvalue weighted by Gasteiger charge is -2.26. The number of hydrogen-bond acceptors (Lipinski definition) is 5. The fourth-order valence-corrected chi connectivity index (χ4v) is 3.50. The maximum absolute atomic E-state index is 13.7. The van der Waals surface area contributed by atoms with E-state index in [0.717, 1.165) is 6.07 Å². The van der Waals surface area contributed by atoms with Gasteiger partial charge in [-0.3, -0.25) is 0 Å². The molecule has 0 radical (unpaired) electrons. The predicted molar refractivity (Wildman–Crippen MR) is 95.7 cm³/mol. The van der Waals surface area contributed by atoms with Crippen LogP contribution in [0.15, 0.2) is 30.5 Å². The first-order valence-corrected chi connectivity index (χ1v) is 8.72. The summed E-state index contributed by atoms with van der Waals surface area (Å²) < 4.78 is 45.4. The molecule has 2 atom stereocenters. The van der Waals surface area contributed by atoms with Crippen LogP contribution in [-0.2, 0) is 11.3 Å². The number of carboxylic acids is 1. The van der Waals surface area contributed by atoms with Crippen LogP contribution in [0.1, 0.15) is 22.3 Å². The number of carbonyl (C=O) groups is 1. The summed E-state index contributed by atoms with van der Waals surface area (Å²) in [7, 11) is 0. The summed E-state index contributed by atoms with van der Waals surface area (Å²) >= 11 is 4.46. The fraction of sp³-hybridized carbons (Fsp3) is 0.333. The minimum atomic E-state index is -1.26. The van der Waals surface area contributed by atoms with Gasteiger partial charge in [-0.05, 0) is 24.6 Å². The Morgan fingerprint density at radius 1 is 1.30 bits per heavy atom. The van der Waals surface area contributed by atoms with Crippen LogP contribution in [-0.4, -0.2) is 40.5 Å². The Labute approximate surface area is 159 Å². The third-order valence-corrected chi connectivity index (χ3v) is 4.71. The van der Waals surface area contributed by atoms with Crippen molar-refractivity contribution in [3.05, 3.63) is 59.0 Å². The molecule has 1 aromatic carbocycles. The molecule has 1 aliphatic rings. The van der Waals surface area contributed by atoms with Crippen LogP contribution in [0.3, 0.4) is 0 Å². The molecule has 9 heteroatoms. The molecule has 27 heavy (non-hydrogen) atoms. The smallest absolute Gasteiger partial charge is 0.339 e. The number of ether oxygens (including phenoxy) is 1. The zero-order chi connectivity index (χ0) is 19.6. The van der Waals surface area contributed by atoms with E-state index in [1.807, 2.05) is 0 Å². The number of aromatic carboxylic acids is 1. The molecular formula is C18H17F3N2O3S. The second-order valence-corrected chi connectivity index (χ2v) is 6.98. The molecule has 5 nitrogen and oxygen atoms in total. The van der Waals surface area contributed by atoms with Crippen LogP contribution >= 0.6 is 12.6 Å². The summed E-state index contributed by atoms with van der Waals surface area (Å²) in [6.07, 6.45) is 2.11. The number of aromatic nitrogens is 1. The van der Waals surface area contributed by atoms with E-state index < -0.39 is 23.4 Å². The van der Waals surface area contributed by atoms with Gasteiger partial charge in [-0.25, -0.2) is 22.9 Å². The van der Waals surface area contributed by atoms with Gasteiger partial charge in [0.25, 0.3) is 0 Å². The molecule has 1 aliphatic heterocycles. The van der Waals surface area contributed by atoms with Crippen molar-refractivity contribution in [2.24, 2.45) is 0 Å². The Kier molecular flexibility index (Phi) is 5.91. The lowest BCUT2D eigenvalue weighted by atomic mass is 10.2. The summed E-state index contributed by atoms with van der Waals surface area (Å²) in [6, 6.07) is 4.02. The quantitative estimate of drug-likeness (QED) is 0.578. The Morgan fingerprint density at radius 3 is 2.78 bits per heavy atom. The predicted octanol–water partition coefficient (Wildman–Crippen LogP) is 3.29. The SMILES string of the molecule is O=C(O)c1cccnc1N1C[C@H](S)C[C@H]1COCc1cc(F)c(F)cc1F. The molecule has 2 aromatic rings. The van der Waals surface area contributed by atoms with Gasteiger partial charge < -0.3 is 14.7 Å². The van der Waals surface area contributed by atoms with E-state index in [4.69, 9.17) is 4.74 Å². The number of hydrogen-bond donors (Lipinski definition) is 2. The molecule has 0 bridgehead atoms. The van der Waals surface area contributed by atoms with Crippen molar-refractivity contribution < 1.29 is 27.8 Å². The zero-order valence-electron chi connectivity index (χ0n) is 14.1. The molecule has 144 valence electrons. The van der Waals surface area contributed by atoms with E-state index in [-0.39, 0.29) is 35.6 Å². The Bertz CT molecular complexity index is 853. The van der Waals surface area contributed by atoms with Gasteiger partial charge in [0, 0.05) is 29.6 Å². The van der Waals surface area contributed by atoms with Gasteiger partial charge in [0.2, 0.25) is 0 Å². The van der Waals surface area contributed by atoms with Crippen LogP contribution in [0.4, 0.5) is 19.0 Å². The number of rotatable bonds is 6. The average molecular weight is 398 g/mol. The van der Waals surface area contributed by atoms with E-state index in [0.29, 0.717) is 24.8 Å². The highest BCUT2D eigenvalue weighted by Crippen LogP contribution is 2.29. The van der Waals surface area contributed by atoms with Crippen molar-refractivity contribution >= 4 is 24.4 Å². The second kappa shape index (κ2) is 8.18. The zero-order valence-corrected chi connectivity index (χ0v) is 15.0. The molecule has 0 unspecified atom stereocenters. The topological polar surface area (TPSA) is 62.7 Å². The van der Waals surface area contributed by atoms with E-state index in [9.17, 15) is 23.1 Å². The normalized spacial score (nSPS) is 19.5. The van der Waals surface area contributed by atoms with Crippen LogP contribution in [0.2, 0.25) is 0 Å². The largest absolute Gasteiger partial charge is 0.478 e. The van der Waals surface area contributed by atoms with Gasteiger partial charge >= 0.3 is 5.97 Å². The molecule has 1 saturated heterocycles. The third-order valence-electron chi connectivity index (χ3n) is 4.34. The lowest BCUT2D eigenvalue weighted by Crippen LogP contribution is -2.35. The first-order valence-electron chi connectivity index (χ1n) is 8.21. The maximum Gasteiger partial charge on any atom is 0.339 e. The first kappa shape index (κ1) is 19.5. The van der Waals surface area contributed by atoms with Gasteiger partial charge in [0.15, 0.2) is 11.6 Å². The summed E-state index contributed by atoms with van der Waals surface area (Å²) in [6.45, 7) is 0.373. The van der Waals surface area contributed by atoms with Crippen molar-refractivity contribution in [1.29, 1.82) is 0 Å². The van der Waals surface area contributed by atoms with Crippen LogP contribution in [0, 0.1) is 17.5 Å². The highest BCUT2D eigenvalue weighted by atomic mass is 32.1. The molecule has 0 saturated carbocycles. The average Bonchev–Trinajstić information content (AvgIpc) is 2.99. The molecule has 0 aliphatic carbocycles. The molecular weight excluding hydrogens is 381 g/mol. The van der Waals surface area contributed by atoms with Gasteiger partial charge in [0.1, 0.15) is 17.2 Å². The molecule has 1 aromatic heterocycles. The van der Waals surface area contributed by atoms with Crippen molar-refractivity contribution in [2.75, 3.05) is 18.1 Å². The van der Waals surface area contributed by atoms with Gasteiger partial charge in [-0.15, -0.1) is 0 Å². The number of carboxylic acid groups (broad SMARTS) is 1. The number of nitrogens with zero attached hydrogens (tertiary/aromatic N) is 2. The Morgan fingerprint density at radius 2 is 2.04 bits per heavy atom. The monoisotopic (exact) mass is 398 g/mol. The Balaban J connectivity index is 1.71. The molecule has 2 heterocycles. The van der Waals surface area contributed by atoms with Gasteiger partial charge in [-0.2, -0.15) is 12.6 Å². The highest BCUT2D eigenvalue weighted by Gasteiger charge is 2.33. The Hall–Kier alpha value is -2.26. The molecule has 3 rings (SSSR count). The summed E-state index contributed by atoms with van der Waals surface area (Å²) in [4.78, 5) is 17.4. The van der Waals surface area contributed by atoms with E-state index in [2.05, 4.69) is 17.6 Å². The van der Waals surface area contributed by atoms with E-state index in [1.54, 1.807) is 11.0 Å². The van der Waals surface area contributed by atoms with Crippen molar-refractivity contribution in [3.63, 3.8) is 0 Å². The van der Waals surface area contributed by atoms with Crippen molar-refractivity contribution in [1.82, 2.24) is 4.98 Å². The summed E-state index contributed by atoms with van der Waals surface area (Å²) in [5.74, 6) is -4.07. The van der Waals surface area contributed by atoms with Crippen molar-refractivity contribution in [2.45, 2.75) is 24.3 Å². The summed E-state index contributed by atoms with van der Waals surface area (Å²) in [5.41, 5.74) is -0.0264. The lowest BCUT2D eigenvalue weighted by molar-refractivity contribution is 0.0696. The standard InChI is InChI=1S/C18H17F3N2O3S/c19-14-6-16(21)15(20)4-10(14)8-26-9-11-5-12(27)7-23(11)17-13(18(24)25)2-1-3-22-17/h1-4,6,11-12,27H,5,7-9H2,(H,24,25)/t11-,12+/m0/s1. The van der Waals surface area contributed by atoms with Crippen LogP contribution in [0.5, 0.6) is 0 Å². The minimum Gasteiger partial charge on any atom is -0.478 e. The molecule has 0 spiro atoms. The number of anilines is 1. The van der Waals surface area contributed by atoms with E-state index in [1.165, 1.54) is 12.3 Å². The highest BCUT2D eigenvalue weighted by molar-refractivity contribution is 7.81. The number of thiol groups is 1. The van der Waals surface area contributed by atoms with Gasteiger partial charge in [0.05, 0.1) is 19.3 Å². The minimum absolute atomic E-state index is 0.0118. The first-order chi connectivity index (χ1) is 12.9. The number of benzene rings is 1. The molecule has 1 N–H and O–H groups in total. The molecule has 1 fully saturated rings. The maximum atomic E-state index is 13.7. The van der Waals surface area contributed by atoms with Crippen LogP contribution in [0.25, 0.3) is 0 Å². The van der Waals surface area contributed by atoms with Crippen molar-refractivity contribution in [3.8, 4) is 0 Å². The van der Waals surface area contributed by atoms with E-state index >= 15 is 0 Å². The second-order valence-electron chi connectivity index (χ2n) is 6.25. The number of halogens is 3. The molecule has 0 amide bonds. The fourth-order valence-electron chi connectivity index (χ4n) is 3.08. The number of pyridine rings is 1. The summed E-state index contributed by atoms with van der Waals surface area (Å²) in [5, 5.41) is 9.35. The van der Waals surface area contributed by atoms with Crippen LogP contribution < -0.4 is 4.90 Å². The third kappa shape index (κ3) is 4.36. The van der Waals surface area contributed by atoms with Gasteiger partial charge in [-0.1, -0.05) is 0 Å².